The van der Waals surface area contributed by atoms with Gasteiger partial charge in [0.2, 0.25) is 0 Å². The van der Waals surface area contributed by atoms with E-state index in [1.807, 2.05) is 6.07 Å². The second-order valence-electron chi connectivity index (χ2n) is 6.90. The minimum absolute atomic E-state index is 0.0540. The highest BCUT2D eigenvalue weighted by molar-refractivity contribution is 6.08. The molecule has 1 fully saturated rings. The van der Waals surface area contributed by atoms with E-state index in [1.165, 1.54) is 11.8 Å². The van der Waals surface area contributed by atoms with Crippen LogP contribution in [0.5, 0.6) is 0 Å². The van der Waals surface area contributed by atoms with Crippen LogP contribution in [0.4, 0.5) is 17.1 Å². The molecular weight excluding hydrogens is 392 g/mol. The zero-order valence-corrected chi connectivity index (χ0v) is 16.5. The fraction of sp³-hybridized carbons (Fsp3) is 0.350. The lowest BCUT2D eigenvalue weighted by molar-refractivity contribution is -0.394. The highest BCUT2D eigenvalue weighted by atomic mass is 16.6. The number of ether oxygens (including phenoxy) is 1. The summed E-state index contributed by atoms with van der Waals surface area (Å²) in [5, 5.41) is 22.7. The van der Waals surface area contributed by atoms with Gasteiger partial charge in [0.25, 0.3) is 17.3 Å². The van der Waals surface area contributed by atoms with E-state index in [1.54, 1.807) is 24.3 Å². The van der Waals surface area contributed by atoms with Gasteiger partial charge in [0.1, 0.15) is 0 Å². The van der Waals surface area contributed by atoms with Crippen LogP contribution in [0.25, 0.3) is 0 Å². The summed E-state index contributed by atoms with van der Waals surface area (Å²) in [6.07, 6.45) is 0. The summed E-state index contributed by atoms with van der Waals surface area (Å²) in [4.78, 5) is 38.3. The molecule has 10 heteroatoms. The van der Waals surface area contributed by atoms with Crippen LogP contribution in [0.2, 0.25) is 0 Å². The van der Waals surface area contributed by atoms with E-state index in [9.17, 15) is 25.0 Å². The van der Waals surface area contributed by atoms with Crippen molar-refractivity contribution in [2.24, 2.45) is 0 Å². The first-order chi connectivity index (χ1) is 14.4. The van der Waals surface area contributed by atoms with Crippen molar-refractivity contribution in [3.63, 3.8) is 0 Å². The summed E-state index contributed by atoms with van der Waals surface area (Å²) in [6, 6.07) is 10.9. The van der Waals surface area contributed by atoms with Crippen molar-refractivity contribution in [3.8, 4) is 0 Å². The maximum atomic E-state index is 13.4. The number of anilines is 1. The highest BCUT2D eigenvalue weighted by Gasteiger charge is 2.28. The Morgan fingerprint density at radius 2 is 1.77 bits per heavy atom. The molecule has 0 atom stereocenters. The van der Waals surface area contributed by atoms with Crippen LogP contribution >= 0.6 is 0 Å². The van der Waals surface area contributed by atoms with Crippen LogP contribution in [0.15, 0.2) is 42.5 Å². The molecule has 10 nitrogen and oxygen atoms in total. The van der Waals surface area contributed by atoms with Crippen molar-refractivity contribution in [2.45, 2.75) is 6.92 Å². The zero-order valence-electron chi connectivity index (χ0n) is 16.5. The third-order valence-corrected chi connectivity index (χ3v) is 5.06. The van der Waals surface area contributed by atoms with E-state index in [4.69, 9.17) is 4.74 Å². The molecule has 0 aliphatic carbocycles. The molecular formula is C20H22N4O6. The number of benzene rings is 2. The van der Waals surface area contributed by atoms with E-state index in [0.717, 1.165) is 25.2 Å². The number of hydrogen-bond acceptors (Lipinski definition) is 7. The Morgan fingerprint density at radius 1 is 1.10 bits per heavy atom. The lowest BCUT2D eigenvalue weighted by Crippen LogP contribution is -2.43. The predicted molar refractivity (Wildman–Crippen MR) is 110 cm³/mol. The molecule has 30 heavy (non-hydrogen) atoms. The number of morpholine rings is 1. The second kappa shape index (κ2) is 9.42. The number of hydrogen-bond donors (Lipinski definition) is 0. The van der Waals surface area contributed by atoms with Gasteiger partial charge in [-0.1, -0.05) is 18.2 Å². The monoisotopic (exact) mass is 414 g/mol. The van der Waals surface area contributed by atoms with Crippen molar-refractivity contribution in [3.05, 3.63) is 73.8 Å². The van der Waals surface area contributed by atoms with E-state index >= 15 is 0 Å². The van der Waals surface area contributed by atoms with E-state index in [2.05, 4.69) is 4.90 Å². The molecule has 0 N–H and O–H groups in total. The second-order valence-corrected chi connectivity index (χ2v) is 6.90. The SMILES string of the molecule is Cc1c(C(=O)N(CCN2CCOCC2)c2ccccc2)cc([N+](=O)[O-])cc1[N+](=O)[O-]. The average Bonchev–Trinajstić information content (AvgIpc) is 2.75. The van der Waals surface area contributed by atoms with Gasteiger partial charge in [-0.15, -0.1) is 0 Å². The van der Waals surface area contributed by atoms with Crippen molar-refractivity contribution in [1.82, 2.24) is 4.90 Å². The Morgan fingerprint density at radius 3 is 2.37 bits per heavy atom. The molecule has 1 saturated heterocycles. The first-order valence-electron chi connectivity index (χ1n) is 9.49. The minimum atomic E-state index is -0.732. The fourth-order valence-corrected chi connectivity index (χ4v) is 3.37. The van der Waals surface area contributed by atoms with Gasteiger partial charge in [-0.05, 0) is 19.1 Å². The number of para-hydroxylation sites is 1. The van der Waals surface area contributed by atoms with Gasteiger partial charge in [0.15, 0.2) is 0 Å². The van der Waals surface area contributed by atoms with Crippen LogP contribution in [0.3, 0.4) is 0 Å². The summed E-state index contributed by atoms with van der Waals surface area (Å²) in [6.45, 7) is 5.08. The normalized spacial score (nSPS) is 14.3. The van der Waals surface area contributed by atoms with Crippen molar-refractivity contribution in [1.29, 1.82) is 0 Å². The molecule has 2 aromatic rings. The van der Waals surface area contributed by atoms with Gasteiger partial charge < -0.3 is 9.64 Å². The van der Waals surface area contributed by atoms with Gasteiger partial charge >= 0.3 is 0 Å². The number of nitro groups is 2. The number of carbonyl (C=O) groups is 1. The van der Waals surface area contributed by atoms with Gasteiger partial charge in [-0.25, -0.2) is 0 Å². The first kappa shape index (κ1) is 21.3. The number of amides is 1. The molecule has 1 amide bonds. The number of nitrogens with zero attached hydrogens (tertiary/aromatic N) is 4. The molecule has 0 bridgehead atoms. The third-order valence-electron chi connectivity index (χ3n) is 5.06. The number of non-ortho nitro benzene ring substituents is 1. The van der Waals surface area contributed by atoms with Crippen molar-refractivity contribution >= 4 is 23.0 Å². The molecule has 1 aliphatic rings. The highest BCUT2D eigenvalue weighted by Crippen LogP contribution is 2.30. The summed E-state index contributed by atoms with van der Waals surface area (Å²) in [5.74, 6) is -0.515. The zero-order chi connectivity index (χ0) is 21.7. The van der Waals surface area contributed by atoms with Gasteiger partial charge in [-0.3, -0.25) is 29.9 Å². The number of rotatable bonds is 7. The van der Waals surface area contributed by atoms with Gasteiger partial charge in [0.05, 0.1) is 34.7 Å². The average molecular weight is 414 g/mol. The molecule has 1 aliphatic heterocycles. The summed E-state index contributed by atoms with van der Waals surface area (Å²) in [7, 11) is 0. The quantitative estimate of drug-likeness (QED) is 0.505. The maximum Gasteiger partial charge on any atom is 0.279 e. The van der Waals surface area contributed by atoms with Crippen LogP contribution in [0.1, 0.15) is 15.9 Å². The summed E-state index contributed by atoms with van der Waals surface area (Å²) in [5.41, 5.74) is -0.278. The summed E-state index contributed by atoms with van der Waals surface area (Å²) < 4.78 is 5.34. The Bertz CT molecular complexity index is 944. The predicted octanol–water partition coefficient (Wildman–Crippen LogP) is 2.79. The number of carbonyl (C=O) groups excluding carboxylic acids is 1. The molecule has 158 valence electrons. The number of nitro benzene ring substituents is 2. The molecule has 3 rings (SSSR count). The largest absolute Gasteiger partial charge is 0.379 e. The lowest BCUT2D eigenvalue weighted by atomic mass is 10.0. The molecule has 0 saturated carbocycles. The van der Waals surface area contributed by atoms with E-state index in [-0.39, 0.29) is 11.1 Å². The van der Waals surface area contributed by atoms with Crippen LogP contribution in [0, 0.1) is 27.2 Å². The Kier molecular flexibility index (Phi) is 6.70. The molecule has 0 aromatic heterocycles. The Balaban J connectivity index is 1.97. The minimum Gasteiger partial charge on any atom is -0.379 e. The van der Waals surface area contributed by atoms with E-state index < -0.39 is 27.1 Å². The Labute approximate surface area is 173 Å². The molecule has 0 spiro atoms. The smallest absolute Gasteiger partial charge is 0.279 e. The fourth-order valence-electron chi connectivity index (χ4n) is 3.37. The first-order valence-corrected chi connectivity index (χ1v) is 9.49. The summed E-state index contributed by atoms with van der Waals surface area (Å²) >= 11 is 0. The van der Waals surface area contributed by atoms with E-state index in [0.29, 0.717) is 32.0 Å². The standard InChI is InChI=1S/C20H22N4O6/c1-15-18(13-17(23(26)27)14-19(15)24(28)29)20(25)22(16-5-3-2-4-6-16)8-7-21-9-11-30-12-10-21/h2-6,13-14H,7-12H2,1H3. The molecule has 0 unspecified atom stereocenters. The van der Waals surface area contributed by atoms with Crippen molar-refractivity contribution < 1.29 is 19.4 Å². The van der Waals surface area contributed by atoms with Crippen LogP contribution < -0.4 is 4.90 Å². The molecule has 2 aromatic carbocycles. The third kappa shape index (κ3) is 4.78. The lowest BCUT2D eigenvalue weighted by Gasteiger charge is -2.30. The topological polar surface area (TPSA) is 119 Å². The maximum absolute atomic E-state index is 13.4. The van der Waals surface area contributed by atoms with Gasteiger partial charge in [-0.2, -0.15) is 0 Å². The van der Waals surface area contributed by atoms with Crippen LogP contribution in [-0.4, -0.2) is 60.0 Å². The Hall–Kier alpha value is -3.37. The van der Waals surface area contributed by atoms with Gasteiger partial charge in [0, 0.05) is 43.5 Å². The molecule has 0 radical (unpaired) electrons. The molecule has 1 heterocycles. The van der Waals surface area contributed by atoms with Crippen LogP contribution in [-0.2, 0) is 4.74 Å². The van der Waals surface area contributed by atoms with Crippen molar-refractivity contribution in [2.75, 3.05) is 44.3 Å².